The van der Waals surface area contributed by atoms with Gasteiger partial charge >= 0.3 is 0 Å². The maximum absolute atomic E-state index is 8.89. The van der Waals surface area contributed by atoms with Gasteiger partial charge in [-0.05, 0) is 63.7 Å². The third-order valence-electron chi connectivity index (χ3n) is 3.92. The van der Waals surface area contributed by atoms with Crippen LogP contribution in [-0.2, 0) is 0 Å². The van der Waals surface area contributed by atoms with Gasteiger partial charge in [-0.25, -0.2) is 0 Å². The zero-order chi connectivity index (χ0) is 13.0. The highest BCUT2D eigenvalue weighted by Gasteiger charge is 2.29. The van der Waals surface area contributed by atoms with Crippen LogP contribution in [0.15, 0.2) is 16.5 Å². The van der Waals surface area contributed by atoms with E-state index in [9.17, 15) is 0 Å². The Bertz CT molecular complexity index is 361. The summed E-state index contributed by atoms with van der Waals surface area (Å²) >= 11 is 0. The van der Waals surface area contributed by atoms with E-state index in [1.807, 2.05) is 6.92 Å². The van der Waals surface area contributed by atoms with Gasteiger partial charge in [-0.3, -0.25) is 4.90 Å². The van der Waals surface area contributed by atoms with Crippen molar-refractivity contribution in [3.8, 4) is 0 Å². The SMILES string of the molecule is Cc1ccc(C2CC(C)CCN2CCCCO)o1. The Morgan fingerprint density at radius 2 is 2.22 bits per heavy atom. The summed E-state index contributed by atoms with van der Waals surface area (Å²) in [6.45, 7) is 6.85. The average Bonchev–Trinajstić information content (AvgIpc) is 2.78. The van der Waals surface area contributed by atoms with Crippen molar-refractivity contribution in [2.75, 3.05) is 19.7 Å². The van der Waals surface area contributed by atoms with Crippen LogP contribution in [-0.4, -0.2) is 29.7 Å². The van der Waals surface area contributed by atoms with E-state index in [1.165, 1.54) is 12.8 Å². The summed E-state index contributed by atoms with van der Waals surface area (Å²) < 4.78 is 5.82. The lowest BCUT2D eigenvalue weighted by Gasteiger charge is -2.37. The molecule has 0 aliphatic carbocycles. The lowest BCUT2D eigenvalue weighted by Crippen LogP contribution is -2.36. The van der Waals surface area contributed by atoms with Crippen molar-refractivity contribution in [1.82, 2.24) is 4.90 Å². The van der Waals surface area contributed by atoms with E-state index in [1.54, 1.807) is 0 Å². The predicted molar refractivity (Wildman–Crippen MR) is 72.5 cm³/mol. The summed E-state index contributed by atoms with van der Waals surface area (Å²) in [5.41, 5.74) is 0. The molecule has 2 atom stereocenters. The van der Waals surface area contributed by atoms with E-state index in [4.69, 9.17) is 9.52 Å². The summed E-state index contributed by atoms with van der Waals surface area (Å²) in [7, 11) is 0. The normalized spacial score (nSPS) is 25.5. The van der Waals surface area contributed by atoms with Crippen LogP contribution < -0.4 is 0 Å². The molecule has 1 saturated heterocycles. The number of hydrogen-bond donors (Lipinski definition) is 1. The summed E-state index contributed by atoms with van der Waals surface area (Å²) in [4.78, 5) is 2.52. The molecule has 3 nitrogen and oxygen atoms in total. The van der Waals surface area contributed by atoms with Gasteiger partial charge in [0.25, 0.3) is 0 Å². The molecule has 0 saturated carbocycles. The van der Waals surface area contributed by atoms with Gasteiger partial charge in [-0.15, -0.1) is 0 Å². The molecular formula is C15H25NO2. The molecule has 3 heteroatoms. The number of furan rings is 1. The van der Waals surface area contributed by atoms with E-state index >= 15 is 0 Å². The molecule has 1 aliphatic heterocycles. The Morgan fingerprint density at radius 3 is 2.89 bits per heavy atom. The third kappa shape index (κ3) is 3.36. The van der Waals surface area contributed by atoms with Gasteiger partial charge in [0.15, 0.2) is 0 Å². The standard InChI is InChI=1S/C15H25NO2/c1-12-7-9-16(8-3-4-10-17)14(11-12)15-6-5-13(2)18-15/h5-6,12,14,17H,3-4,7-11H2,1-2H3. The number of unbranched alkanes of at least 4 members (excludes halogenated alkanes) is 1. The van der Waals surface area contributed by atoms with Gasteiger partial charge in [0.05, 0.1) is 6.04 Å². The lowest BCUT2D eigenvalue weighted by molar-refractivity contribution is 0.0972. The van der Waals surface area contributed by atoms with Crippen molar-refractivity contribution < 1.29 is 9.52 Å². The molecule has 0 aromatic carbocycles. The Hall–Kier alpha value is -0.800. The van der Waals surface area contributed by atoms with Crippen LogP contribution in [0.3, 0.4) is 0 Å². The van der Waals surface area contributed by atoms with Crippen LogP contribution in [0.2, 0.25) is 0 Å². The largest absolute Gasteiger partial charge is 0.465 e. The van der Waals surface area contributed by atoms with Crippen molar-refractivity contribution in [2.24, 2.45) is 5.92 Å². The molecule has 2 rings (SSSR count). The van der Waals surface area contributed by atoms with E-state index < -0.39 is 0 Å². The Labute approximate surface area is 110 Å². The molecule has 0 amide bonds. The first-order valence-corrected chi connectivity index (χ1v) is 7.12. The average molecular weight is 251 g/mol. The van der Waals surface area contributed by atoms with E-state index in [2.05, 4.69) is 24.0 Å². The molecule has 1 fully saturated rings. The van der Waals surface area contributed by atoms with Gasteiger partial charge in [0.2, 0.25) is 0 Å². The molecule has 0 spiro atoms. The van der Waals surface area contributed by atoms with Gasteiger partial charge in [-0.1, -0.05) is 6.92 Å². The van der Waals surface area contributed by atoms with Gasteiger partial charge in [-0.2, -0.15) is 0 Å². The Morgan fingerprint density at radius 1 is 1.39 bits per heavy atom. The summed E-state index contributed by atoms with van der Waals surface area (Å²) in [5.74, 6) is 2.89. The van der Waals surface area contributed by atoms with Gasteiger partial charge in [0, 0.05) is 6.61 Å². The number of aliphatic hydroxyl groups is 1. The molecule has 1 aromatic rings. The fourth-order valence-electron chi connectivity index (χ4n) is 2.81. The molecule has 0 radical (unpaired) electrons. The van der Waals surface area contributed by atoms with Crippen molar-refractivity contribution in [2.45, 2.75) is 45.6 Å². The first-order chi connectivity index (χ1) is 8.70. The topological polar surface area (TPSA) is 36.6 Å². The number of nitrogens with zero attached hydrogens (tertiary/aromatic N) is 1. The van der Waals surface area contributed by atoms with Crippen LogP contribution in [0.5, 0.6) is 0 Å². The monoisotopic (exact) mass is 251 g/mol. The van der Waals surface area contributed by atoms with Crippen molar-refractivity contribution in [3.05, 3.63) is 23.7 Å². The van der Waals surface area contributed by atoms with E-state index in [0.717, 1.165) is 43.4 Å². The maximum Gasteiger partial charge on any atom is 0.121 e. The fraction of sp³-hybridized carbons (Fsp3) is 0.733. The highest BCUT2D eigenvalue weighted by atomic mass is 16.3. The molecule has 1 aromatic heterocycles. The second kappa shape index (κ2) is 6.39. The molecule has 1 aliphatic rings. The zero-order valence-electron chi connectivity index (χ0n) is 11.6. The van der Waals surface area contributed by atoms with Crippen molar-refractivity contribution >= 4 is 0 Å². The van der Waals surface area contributed by atoms with Gasteiger partial charge < -0.3 is 9.52 Å². The first kappa shape index (κ1) is 13.6. The molecule has 2 heterocycles. The van der Waals surface area contributed by atoms with E-state index in [0.29, 0.717) is 12.6 Å². The predicted octanol–water partition coefficient (Wildman–Crippen LogP) is 3.13. The van der Waals surface area contributed by atoms with Crippen LogP contribution in [0, 0.1) is 12.8 Å². The van der Waals surface area contributed by atoms with Crippen LogP contribution >= 0.6 is 0 Å². The number of piperidine rings is 1. The van der Waals surface area contributed by atoms with Crippen molar-refractivity contribution in [3.63, 3.8) is 0 Å². The lowest BCUT2D eigenvalue weighted by atomic mass is 9.91. The minimum Gasteiger partial charge on any atom is -0.465 e. The Balaban J connectivity index is 2.01. The second-order valence-electron chi connectivity index (χ2n) is 5.56. The summed E-state index contributed by atoms with van der Waals surface area (Å²) in [6.07, 6.45) is 4.43. The Kier molecular flexibility index (Phi) is 4.84. The van der Waals surface area contributed by atoms with Gasteiger partial charge in [0.1, 0.15) is 11.5 Å². The zero-order valence-corrected chi connectivity index (χ0v) is 11.6. The highest BCUT2D eigenvalue weighted by Crippen LogP contribution is 2.34. The molecule has 102 valence electrons. The van der Waals surface area contributed by atoms with Crippen LogP contribution in [0.25, 0.3) is 0 Å². The van der Waals surface area contributed by atoms with Crippen LogP contribution in [0.1, 0.15) is 50.2 Å². The quantitative estimate of drug-likeness (QED) is 0.817. The van der Waals surface area contributed by atoms with Crippen LogP contribution in [0.4, 0.5) is 0 Å². The second-order valence-corrected chi connectivity index (χ2v) is 5.56. The number of aryl methyl sites for hydroxylation is 1. The van der Waals surface area contributed by atoms with E-state index in [-0.39, 0.29) is 0 Å². The minimum absolute atomic E-state index is 0.300. The fourth-order valence-corrected chi connectivity index (χ4v) is 2.81. The molecule has 0 bridgehead atoms. The molecule has 18 heavy (non-hydrogen) atoms. The highest BCUT2D eigenvalue weighted by molar-refractivity contribution is 5.11. The summed E-state index contributed by atoms with van der Waals surface area (Å²) in [5, 5.41) is 8.89. The van der Waals surface area contributed by atoms with Crippen molar-refractivity contribution in [1.29, 1.82) is 0 Å². The molecular weight excluding hydrogens is 226 g/mol. The number of aliphatic hydroxyl groups excluding tert-OH is 1. The number of likely N-dealkylation sites (tertiary alicyclic amines) is 1. The number of hydrogen-bond acceptors (Lipinski definition) is 3. The third-order valence-corrected chi connectivity index (χ3v) is 3.92. The minimum atomic E-state index is 0.300. The number of rotatable bonds is 5. The maximum atomic E-state index is 8.89. The first-order valence-electron chi connectivity index (χ1n) is 7.12. The smallest absolute Gasteiger partial charge is 0.121 e. The molecule has 1 N–H and O–H groups in total. The molecule has 2 unspecified atom stereocenters. The summed E-state index contributed by atoms with van der Waals surface area (Å²) in [6, 6.07) is 4.61.